The standard InChI is InChI=1S/C15H23ClN2O/c1-18(11-15(19)7-2-3-8-15)14(10-17)12-5-4-6-13(16)9-12/h4-6,9,14,19H,2-3,7-8,10-11,17H2,1H3. The summed E-state index contributed by atoms with van der Waals surface area (Å²) in [5.74, 6) is 0. The van der Waals surface area contributed by atoms with Gasteiger partial charge in [-0.1, -0.05) is 36.6 Å². The first-order chi connectivity index (χ1) is 9.04. The molecule has 1 aliphatic carbocycles. The van der Waals surface area contributed by atoms with Crippen molar-refractivity contribution in [3.63, 3.8) is 0 Å². The first-order valence-corrected chi connectivity index (χ1v) is 7.30. The van der Waals surface area contributed by atoms with Crippen molar-refractivity contribution in [2.45, 2.75) is 37.3 Å². The van der Waals surface area contributed by atoms with Gasteiger partial charge >= 0.3 is 0 Å². The molecule has 0 radical (unpaired) electrons. The first kappa shape index (κ1) is 14.8. The van der Waals surface area contributed by atoms with Crippen LogP contribution in [0.3, 0.4) is 0 Å². The zero-order valence-corrected chi connectivity index (χ0v) is 12.2. The molecule has 2 rings (SSSR count). The fourth-order valence-corrected chi connectivity index (χ4v) is 3.25. The molecule has 3 nitrogen and oxygen atoms in total. The van der Waals surface area contributed by atoms with Gasteiger partial charge in [-0.2, -0.15) is 0 Å². The van der Waals surface area contributed by atoms with Gasteiger partial charge < -0.3 is 10.8 Å². The quantitative estimate of drug-likeness (QED) is 0.873. The lowest BCUT2D eigenvalue weighted by Gasteiger charge is -2.34. The Morgan fingerprint density at radius 3 is 2.68 bits per heavy atom. The van der Waals surface area contributed by atoms with E-state index in [9.17, 15) is 5.11 Å². The van der Waals surface area contributed by atoms with Gasteiger partial charge in [0.15, 0.2) is 0 Å². The minimum atomic E-state index is -0.541. The molecule has 0 spiro atoms. The molecule has 3 N–H and O–H groups in total. The van der Waals surface area contributed by atoms with Gasteiger partial charge in [-0.15, -0.1) is 0 Å². The number of halogens is 1. The molecule has 1 atom stereocenters. The average Bonchev–Trinajstić information content (AvgIpc) is 2.76. The van der Waals surface area contributed by atoms with Gasteiger partial charge in [0.25, 0.3) is 0 Å². The molecule has 1 saturated carbocycles. The molecule has 0 saturated heterocycles. The minimum Gasteiger partial charge on any atom is -0.389 e. The average molecular weight is 283 g/mol. The third-order valence-corrected chi connectivity index (χ3v) is 4.30. The Balaban J connectivity index is 2.08. The number of nitrogens with zero attached hydrogens (tertiary/aromatic N) is 1. The summed E-state index contributed by atoms with van der Waals surface area (Å²) in [5.41, 5.74) is 6.48. The molecule has 1 unspecified atom stereocenters. The fraction of sp³-hybridized carbons (Fsp3) is 0.600. The molecule has 1 fully saturated rings. The maximum Gasteiger partial charge on any atom is 0.0774 e. The van der Waals surface area contributed by atoms with Crippen molar-refractivity contribution in [2.75, 3.05) is 20.1 Å². The zero-order valence-electron chi connectivity index (χ0n) is 11.5. The van der Waals surface area contributed by atoms with Crippen LogP contribution in [0.15, 0.2) is 24.3 Å². The Morgan fingerprint density at radius 2 is 2.11 bits per heavy atom. The smallest absolute Gasteiger partial charge is 0.0774 e. The van der Waals surface area contributed by atoms with E-state index in [1.807, 2.05) is 31.3 Å². The lowest BCUT2D eigenvalue weighted by atomic mass is 9.99. The van der Waals surface area contributed by atoms with E-state index >= 15 is 0 Å². The van der Waals surface area contributed by atoms with E-state index in [4.69, 9.17) is 17.3 Å². The van der Waals surface area contributed by atoms with Crippen molar-refractivity contribution in [3.8, 4) is 0 Å². The molecule has 1 aromatic rings. The van der Waals surface area contributed by atoms with Crippen LogP contribution in [0.5, 0.6) is 0 Å². The fourth-order valence-electron chi connectivity index (χ4n) is 3.05. The number of nitrogens with two attached hydrogens (primary N) is 1. The highest BCUT2D eigenvalue weighted by atomic mass is 35.5. The van der Waals surface area contributed by atoms with Crippen LogP contribution in [0, 0.1) is 0 Å². The van der Waals surface area contributed by atoms with E-state index in [2.05, 4.69) is 4.90 Å². The van der Waals surface area contributed by atoms with Crippen LogP contribution in [-0.4, -0.2) is 35.7 Å². The summed E-state index contributed by atoms with van der Waals surface area (Å²) in [5, 5.41) is 11.2. The topological polar surface area (TPSA) is 49.5 Å². The van der Waals surface area contributed by atoms with Crippen LogP contribution in [-0.2, 0) is 0 Å². The van der Waals surface area contributed by atoms with Crippen LogP contribution in [0.1, 0.15) is 37.3 Å². The molecule has 1 aliphatic rings. The van der Waals surface area contributed by atoms with Crippen molar-refractivity contribution >= 4 is 11.6 Å². The van der Waals surface area contributed by atoms with Crippen LogP contribution in [0.4, 0.5) is 0 Å². The van der Waals surface area contributed by atoms with E-state index in [0.29, 0.717) is 13.1 Å². The molecule has 1 aromatic carbocycles. The maximum absolute atomic E-state index is 10.5. The number of hydrogen-bond donors (Lipinski definition) is 2. The second kappa shape index (κ2) is 6.23. The van der Waals surface area contributed by atoms with Crippen molar-refractivity contribution in [1.82, 2.24) is 4.90 Å². The molecular weight excluding hydrogens is 260 g/mol. The first-order valence-electron chi connectivity index (χ1n) is 6.92. The molecule has 0 aliphatic heterocycles. The lowest BCUT2D eigenvalue weighted by molar-refractivity contribution is 0.00593. The Hall–Kier alpha value is -0.610. The normalized spacial score (nSPS) is 19.8. The summed E-state index contributed by atoms with van der Waals surface area (Å²) in [7, 11) is 2.02. The largest absolute Gasteiger partial charge is 0.389 e. The Kier molecular flexibility index (Phi) is 4.85. The monoisotopic (exact) mass is 282 g/mol. The molecule has 0 heterocycles. The number of hydrogen-bond acceptors (Lipinski definition) is 3. The predicted octanol–water partition coefficient (Wildman–Crippen LogP) is 2.58. The summed E-state index contributed by atoms with van der Waals surface area (Å²) in [6.07, 6.45) is 4.03. The molecule has 0 aromatic heterocycles. The van der Waals surface area contributed by atoms with Gasteiger partial charge in [0.05, 0.1) is 5.60 Å². The highest BCUT2D eigenvalue weighted by Crippen LogP contribution is 2.32. The highest BCUT2D eigenvalue weighted by Gasteiger charge is 2.33. The molecule has 4 heteroatoms. The molecule has 0 bridgehead atoms. The van der Waals surface area contributed by atoms with E-state index < -0.39 is 5.60 Å². The molecular formula is C15H23ClN2O. The van der Waals surface area contributed by atoms with Crippen LogP contribution in [0.25, 0.3) is 0 Å². The summed E-state index contributed by atoms with van der Waals surface area (Å²) in [6.45, 7) is 1.19. The van der Waals surface area contributed by atoms with Crippen LogP contribution < -0.4 is 5.73 Å². The van der Waals surface area contributed by atoms with Gasteiger partial charge in [0.2, 0.25) is 0 Å². The van der Waals surface area contributed by atoms with E-state index in [0.717, 1.165) is 36.3 Å². The van der Waals surface area contributed by atoms with Crippen molar-refractivity contribution in [3.05, 3.63) is 34.9 Å². The molecule has 0 amide bonds. The number of likely N-dealkylation sites (N-methyl/N-ethyl adjacent to an activating group) is 1. The summed E-state index contributed by atoms with van der Waals surface area (Å²) < 4.78 is 0. The Bertz CT molecular complexity index is 418. The third-order valence-electron chi connectivity index (χ3n) is 4.07. The predicted molar refractivity (Wildman–Crippen MR) is 79.3 cm³/mol. The van der Waals surface area contributed by atoms with E-state index in [1.165, 1.54) is 0 Å². The summed E-state index contributed by atoms with van der Waals surface area (Å²) in [4.78, 5) is 2.15. The van der Waals surface area contributed by atoms with Crippen molar-refractivity contribution < 1.29 is 5.11 Å². The second-order valence-corrected chi connectivity index (χ2v) is 6.09. The van der Waals surface area contributed by atoms with Gasteiger partial charge in [-0.05, 0) is 37.6 Å². The van der Waals surface area contributed by atoms with Crippen molar-refractivity contribution in [1.29, 1.82) is 0 Å². The summed E-state index contributed by atoms with van der Waals surface area (Å²) >= 11 is 6.04. The minimum absolute atomic E-state index is 0.100. The third kappa shape index (κ3) is 3.69. The van der Waals surface area contributed by atoms with Crippen molar-refractivity contribution in [2.24, 2.45) is 5.73 Å². The van der Waals surface area contributed by atoms with Crippen LogP contribution >= 0.6 is 11.6 Å². The SMILES string of the molecule is CN(CC1(O)CCCC1)C(CN)c1cccc(Cl)c1. The van der Waals surface area contributed by atoms with Gasteiger partial charge in [-0.25, -0.2) is 0 Å². The lowest BCUT2D eigenvalue weighted by Crippen LogP contribution is -2.42. The second-order valence-electron chi connectivity index (χ2n) is 5.65. The number of aliphatic hydroxyl groups is 1. The maximum atomic E-state index is 10.5. The highest BCUT2D eigenvalue weighted by molar-refractivity contribution is 6.30. The van der Waals surface area contributed by atoms with E-state index in [1.54, 1.807) is 0 Å². The molecule has 19 heavy (non-hydrogen) atoms. The Morgan fingerprint density at radius 1 is 1.42 bits per heavy atom. The Labute approximate surface area is 120 Å². The number of benzene rings is 1. The van der Waals surface area contributed by atoms with Crippen LogP contribution in [0.2, 0.25) is 5.02 Å². The van der Waals surface area contributed by atoms with E-state index in [-0.39, 0.29) is 6.04 Å². The van der Waals surface area contributed by atoms with Gasteiger partial charge in [0, 0.05) is 24.2 Å². The zero-order chi connectivity index (χ0) is 13.9. The van der Waals surface area contributed by atoms with Gasteiger partial charge in [-0.3, -0.25) is 4.90 Å². The molecule has 106 valence electrons. The number of rotatable bonds is 5. The summed E-state index contributed by atoms with van der Waals surface area (Å²) in [6, 6.07) is 7.90. The van der Waals surface area contributed by atoms with Gasteiger partial charge in [0.1, 0.15) is 0 Å².